The summed E-state index contributed by atoms with van der Waals surface area (Å²) in [6, 6.07) is 8.27. The lowest BCUT2D eigenvalue weighted by Crippen LogP contribution is -2.33. The van der Waals surface area contributed by atoms with Crippen molar-refractivity contribution in [3.63, 3.8) is 0 Å². The zero-order chi connectivity index (χ0) is 18.9. The number of nitrogen functional groups attached to an aromatic ring is 1. The van der Waals surface area contributed by atoms with Gasteiger partial charge in [-0.05, 0) is 59.4 Å². The second-order valence-corrected chi connectivity index (χ2v) is 8.83. The first-order chi connectivity index (χ1) is 12.2. The summed E-state index contributed by atoms with van der Waals surface area (Å²) in [4.78, 5) is 0. The molecule has 0 spiro atoms. The normalized spacial score (nSPS) is 23.5. The van der Waals surface area contributed by atoms with Crippen molar-refractivity contribution in [3.05, 3.63) is 77.6 Å². The molecule has 26 heavy (non-hydrogen) atoms. The summed E-state index contributed by atoms with van der Waals surface area (Å²) in [5.41, 5.74) is 16.3. The molecule has 0 saturated heterocycles. The molecule has 3 rings (SSSR count). The van der Waals surface area contributed by atoms with Crippen LogP contribution in [0, 0.1) is 17.3 Å². The second-order valence-electron chi connectivity index (χ2n) is 8.83. The Bertz CT molecular complexity index is 773. The first-order valence-corrected chi connectivity index (χ1v) is 9.60. The maximum absolute atomic E-state index is 5.89. The molecule has 0 bridgehead atoms. The minimum absolute atomic E-state index is 0.0127. The van der Waals surface area contributed by atoms with Gasteiger partial charge >= 0.3 is 0 Å². The molecule has 0 amide bonds. The Morgan fingerprint density at radius 2 is 1.38 bits per heavy atom. The average Bonchev–Trinajstić information content (AvgIpc) is 2.62. The van der Waals surface area contributed by atoms with Gasteiger partial charge in [0.15, 0.2) is 0 Å². The molecule has 0 saturated carbocycles. The minimum atomic E-state index is -0.0127. The van der Waals surface area contributed by atoms with E-state index >= 15 is 0 Å². The molecule has 138 valence electrons. The average molecular weight is 349 g/mol. The quantitative estimate of drug-likeness (QED) is 0.707. The van der Waals surface area contributed by atoms with Crippen molar-refractivity contribution < 1.29 is 0 Å². The molecule has 0 fully saturated rings. The lowest BCUT2D eigenvalue weighted by atomic mass is 9.64. The molecule has 2 aliphatic carbocycles. The fraction of sp³-hybridized carbons (Fsp3) is 0.417. The van der Waals surface area contributed by atoms with E-state index in [4.69, 9.17) is 11.5 Å². The molecule has 0 heterocycles. The largest absolute Gasteiger partial charge is 0.399 e. The number of anilines is 1. The molecule has 0 aromatic heterocycles. The van der Waals surface area contributed by atoms with Crippen LogP contribution >= 0.6 is 0 Å². The predicted molar refractivity (Wildman–Crippen MR) is 113 cm³/mol. The molecule has 2 unspecified atom stereocenters. The lowest BCUT2D eigenvalue weighted by molar-refractivity contribution is 0.179. The van der Waals surface area contributed by atoms with Crippen molar-refractivity contribution in [2.24, 2.45) is 23.0 Å². The molecular weight excluding hydrogens is 316 g/mol. The first-order valence-electron chi connectivity index (χ1n) is 9.60. The van der Waals surface area contributed by atoms with Crippen molar-refractivity contribution in [2.45, 2.75) is 46.0 Å². The van der Waals surface area contributed by atoms with Gasteiger partial charge in [0.1, 0.15) is 0 Å². The van der Waals surface area contributed by atoms with Gasteiger partial charge in [-0.15, -0.1) is 0 Å². The molecule has 1 aromatic carbocycles. The van der Waals surface area contributed by atoms with Crippen LogP contribution in [0.15, 0.2) is 72.0 Å². The third kappa shape index (κ3) is 3.51. The maximum Gasteiger partial charge on any atom is 0.0314 e. The van der Waals surface area contributed by atoms with Gasteiger partial charge in [0.25, 0.3) is 0 Å². The van der Waals surface area contributed by atoms with Crippen LogP contribution in [0.25, 0.3) is 0 Å². The monoisotopic (exact) mass is 348 g/mol. The van der Waals surface area contributed by atoms with Crippen molar-refractivity contribution in [1.29, 1.82) is 0 Å². The van der Waals surface area contributed by atoms with Crippen LogP contribution in [0.5, 0.6) is 0 Å². The summed E-state index contributed by atoms with van der Waals surface area (Å²) < 4.78 is 0. The van der Waals surface area contributed by atoms with Crippen LogP contribution in [-0.2, 0) is 5.41 Å². The van der Waals surface area contributed by atoms with Crippen LogP contribution < -0.4 is 11.5 Å². The van der Waals surface area contributed by atoms with Gasteiger partial charge in [-0.2, -0.15) is 0 Å². The van der Waals surface area contributed by atoms with E-state index in [-0.39, 0.29) is 10.8 Å². The van der Waals surface area contributed by atoms with Gasteiger partial charge in [0.2, 0.25) is 0 Å². The fourth-order valence-corrected chi connectivity index (χ4v) is 4.17. The Kier molecular flexibility index (Phi) is 4.88. The number of rotatable bonds is 4. The molecule has 2 atom stereocenters. The van der Waals surface area contributed by atoms with E-state index in [0.29, 0.717) is 11.8 Å². The van der Waals surface area contributed by atoms with Crippen molar-refractivity contribution in [2.75, 3.05) is 5.73 Å². The summed E-state index contributed by atoms with van der Waals surface area (Å²) in [6.07, 6.45) is 15.8. The van der Waals surface area contributed by atoms with E-state index in [1.54, 1.807) is 0 Å². The first kappa shape index (κ1) is 18.6. The third-order valence-electron chi connectivity index (χ3n) is 6.49. The predicted octanol–water partition coefficient (Wildman–Crippen LogP) is 5.49. The highest BCUT2D eigenvalue weighted by atomic mass is 14.6. The summed E-state index contributed by atoms with van der Waals surface area (Å²) in [5, 5.41) is 0. The van der Waals surface area contributed by atoms with Gasteiger partial charge in [-0.25, -0.2) is 0 Å². The van der Waals surface area contributed by atoms with Crippen LogP contribution in [0.2, 0.25) is 0 Å². The Morgan fingerprint density at radius 1 is 0.808 bits per heavy atom. The Labute approximate surface area is 158 Å². The molecule has 0 radical (unpaired) electrons. The van der Waals surface area contributed by atoms with Gasteiger partial charge in [-0.3, -0.25) is 0 Å². The van der Waals surface area contributed by atoms with E-state index in [9.17, 15) is 0 Å². The summed E-state index contributed by atoms with van der Waals surface area (Å²) in [7, 11) is 0. The molecular formula is C24H32N2. The Morgan fingerprint density at radius 3 is 1.88 bits per heavy atom. The minimum Gasteiger partial charge on any atom is -0.399 e. The molecule has 4 N–H and O–H groups in total. The van der Waals surface area contributed by atoms with E-state index in [2.05, 4.69) is 76.3 Å². The fourth-order valence-electron chi connectivity index (χ4n) is 4.17. The van der Waals surface area contributed by atoms with Gasteiger partial charge < -0.3 is 11.5 Å². The highest BCUT2D eigenvalue weighted by Gasteiger charge is 2.36. The van der Waals surface area contributed by atoms with Gasteiger partial charge in [0, 0.05) is 16.8 Å². The smallest absolute Gasteiger partial charge is 0.0314 e. The third-order valence-corrected chi connectivity index (χ3v) is 6.49. The number of allylic oxidation sites excluding steroid dienone is 7. The Hall–Kier alpha value is -2.22. The van der Waals surface area contributed by atoms with Crippen molar-refractivity contribution >= 4 is 5.69 Å². The second kappa shape index (κ2) is 6.83. The number of benzene rings is 1. The molecule has 2 heteroatoms. The van der Waals surface area contributed by atoms with Crippen LogP contribution in [-0.4, -0.2) is 0 Å². The van der Waals surface area contributed by atoms with E-state index in [0.717, 1.165) is 24.2 Å². The highest BCUT2D eigenvalue weighted by Crippen LogP contribution is 2.45. The van der Waals surface area contributed by atoms with Gasteiger partial charge in [0.05, 0.1) is 0 Å². The van der Waals surface area contributed by atoms with Crippen molar-refractivity contribution in [1.82, 2.24) is 0 Å². The van der Waals surface area contributed by atoms with Gasteiger partial charge in [-0.1, -0.05) is 70.2 Å². The highest BCUT2D eigenvalue weighted by molar-refractivity contribution is 5.47. The van der Waals surface area contributed by atoms with Crippen molar-refractivity contribution in [3.8, 4) is 0 Å². The van der Waals surface area contributed by atoms with E-state index in [1.807, 2.05) is 12.1 Å². The van der Waals surface area contributed by atoms with Crippen LogP contribution in [0.3, 0.4) is 0 Å². The van der Waals surface area contributed by atoms with E-state index in [1.165, 1.54) is 11.1 Å². The standard InChI is InChI=1S/C24H32N2/c1-23(2,19-9-13-21(25)14-10-19)17-5-7-18(8-6-17)24(3,4)20-11-15-22(26)16-12-20/h5-7,9-11,13-16,18,20H,8,12,25-26H2,1-4H3. The lowest BCUT2D eigenvalue weighted by Gasteiger charge is -2.41. The summed E-state index contributed by atoms with van der Waals surface area (Å²) in [5.74, 6) is 1.07. The van der Waals surface area contributed by atoms with Crippen LogP contribution in [0.1, 0.15) is 46.1 Å². The molecule has 2 aliphatic rings. The topological polar surface area (TPSA) is 52.0 Å². The van der Waals surface area contributed by atoms with Crippen LogP contribution in [0.4, 0.5) is 5.69 Å². The maximum atomic E-state index is 5.89. The zero-order valence-electron chi connectivity index (χ0n) is 16.5. The zero-order valence-corrected chi connectivity index (χ0v) is 16.5. The number of hydrogen-bond donors (Lipinski definition) is 2. The molecule has 0 aliphatic heterocycles. The Balaban J connectivity index is 1.75. The molecule has 1 aromatic rings. The molecule has 2 nitrogen and oxygen atoms in total. The summed E-state index contributed by atoms with van der Waals surface area (Å²) in [6.45, 7) is 9.35. The number of hydrogen-bond acceptors (Lipinski definition) is 2. The number of nitrogens with two attached hydrogens (primary N) is 2. The summed E-state index contributed by atoms with van der Waals surface area (Å²) >= 11 is 0. The van der Waals surface area contributed by atoms with E-state index < -0.39 is 0 Å². The SMILES string of the molecule is CC(C)(C1=CCC(C(C)(C)C2C=CC(N)=CC2)C=C1)c1ccc(N)cc1.